The van der Waals surface area contributed by atoms with Crippen LogP contribution < -0.4 is 14.8 Å². The maximum Gasteiger partial charge on any atom is 0.253 e. The third-order valence-corrected chi connectivity index (χ3v) is 3.75. The summed E-state index contributed by atoms with van der Waals surface area (Å²) in [6, 6.07) is 12.6. The Hall–Kier alpha value is -2.24. The van der Waals surface area contributed by atoms with Crippen molar-refractivity contribution in [3.63, 3.8) is 0 Å². The van der Waals surface area contributed by atoms with E-state index in [-0.39, 0.29) is 5.91 Å². The minimum Gasteiger partial charge on any atom is -0.497 e. The van der Waals surface area contributed by atoms with Gasteiger partial charge in [0, 0.05) is 6.07 Å². The number of ether oxygens (including phenoxy) is 3. The van der Waals surface area contributed by atoms with E-state index in [1.54, 1.807) is 39.3 Å². The summed E-state index contributed by atoms with van der Waals surface area (Å²) in [5.41, 5.74) is 1.44. The first-order chi connectivity index (χ1) is 11.5. The van der Waals surface area contributed by atoms with Gasteiger partial charge in [-0.05, 0) is 36.8 Å². The molecule has 2 aromatic carbocycles. The van der Waals surface area contributed by atoms with E-state index >= 15 is 0 Å². The lowest BCUT2D eigenvalue weighted by molar-refractivity contribution is -0.127. The zero-order chi connectivity index (χ0) is 17.5. The molecule has 0 aliphatic carbocycles. The number of nitrogens with one attached hydrogen (secondary N) is 1. The molecule has 0 spiro atoms. The molecular weight excluding hydrogens is 330 g/mol. The molecule has 1 unspecified atom stereocenters. The fourth-order valence-electron chi connectivity index (χ4n) is 2.02. The maximum atomic E-state index is 12.2. The number of hydrogen-bond acceptors (Lipinski definition) is 4. The highest BCUT2D eigenvalue weighted by Crippen LogP contribution is 2.26. The summed E-state index contributed by atoms with van der Waals surface area (Å²) in [6.45, 7) is 2.00. The molecule has 0 saturated heterocycles. The molecule has 0 fully saturated rings. The van der Waals surface area contributed by atoms with Crippen LogP contribution in [-0.4, -0.2) is 26.2 Å². The van der Waals surface area contributed by atoms with Crippen molar-refractivity contribution in [1.29, 1.82) is 0 Å². The summed E-state index contributed by atoms with van der Waals surface area (Å²) in [4.78, 5) is 12.2. The molecule has 1 amide bonds. The van der Waals surface area contributed by atoms with E-state index in [0.29, 0.717) is 23.1 Å². The number of hydrogen-bond donors (Lipinski definition) is 1. The number of rotatable bonds is 7. The summed E-state index contributed by atoms with van der Waals surface area (Å²) in [5, 5.41) is 3.15. The quantitative estimate of drug-likeness (QED) is 0.823. The van der Waals surface area contributed by atoms with Crippen LogP contribution in [0.2, 0.25) is 5.02 Å². The summed E-state index contributed by atoms with van der Waals surface area (Å²) in [7, 11) is 3.16. The highest BCUT2D eigenvalue weighted by atomic mass is 35.5. The molecule has 6 heteroatoms. The fraction of sp³-hybridized carbons (Fsp3) is 0.278. The molecule has 2 aromatic rings. The van der Waals surface area contributed by atoms with Crippen LogP contribution in [0.15, 0.2) is 42.5 Å². The van der Waals surface area contributed by atoms with Crippen LogP contribution in [0.5, 0.6) is 11.5 Å². The Morgan fingerprint density at radius 2 is 1.83 bits per heavy atom. The van der Waals surface area contributed by atoms with Crippen molar-refractivity contribution in [1.82, 2.24) is 0 Å². The van der Waals surface area contributed by atoms with Crippen LogP contribution in [0.25, 0.3) is 0 Å². The number of amides is 1. The molecular formula is C18H20ClNO4. The van der Waals surface area contributed by atoms with E-state index in [0.717, 1.165) is 11.3 Å². The summed E-state index contributed by atoms with van der Waals surface area (Å²) in [5.74, 6) is 1.10. The predicted molar refractivity (Wildman–Crippen MR) is 93.9 cm³/mol. The summed E-state index contributed by atoms with van der Waals surface area (Å²) < 4.78 is 15.8. The van der Waals surface area contributed by atoms with Gasteiger partial charge in [0.1, 0.15) is 17.6 Å². The number of halogens is 1. The van der Waals surface area contributed by atoms with Crippen molar-refractivity contribution in [2.45, 2.75) is 19.6 Å². The van der Waals surface area contributed by atoms with Gasteiger partial charge >= 0.3 is 0 Å². The van der Waals surface area contributed by atoms with Crippen LogP contribution in [0, 0.1) is 0 Å². The highest BCUT2D eigenvalue weighted by molar-refractivity contribution is 6.33. The van der Waals surface area contributed by atoms with E-state index in [9.17, 15) is 4.79 Å². The summed E-state index contributed by atoms with van der Waals surface area (Å²) in [6.07, 6.45) is -0.630. The Labute approximate surface area is 146 Å². The van der Waals surface area contributed by atoms with Gasteiger partial charge in [0.05, 0.1) is 31.5 Å². The molecule has 0 heterocycles. The van der Waals surface area contributed by atoms with Crippen molar-refractivity contribution in [3.05, 3.63) is 53.1 Å². The molecule has 0 aliphatic heterocycles. The standard InChI is InChI=1S/C18H20ClNO4/c1-12(24-11-13-5-4-6-14(9-13)22-2)18(21)20-17-8-7-15(23-3)10-16(17)19/h4-10,12H,11H2,1-3H3,(H,20,21). The molecule has 1 atom stereocenters. The number of anilines is 1. The first-order valence-corrected chi connectivity index (χ1v) is 7.80. The lowest BCUT2D eigenvalue weighted by atomic mass is 10.2. The van der Waals surface area contributed by atoms with Crippen molar-refractivity contribution >= 4 is 23.2 Å². The van der Waals surface area contributed by atoms with Gasteiger partial charge < -0.3 is 19.5 Å². The van der Waals surface area contributed by atoms with Crippen LogP contribution in [0.3, 0.4) is 0 Å². The highest BCUT2D eigenvalue weighted by Gasteiger charge is 2.15. The second-order valence-electron chi connectivity index (χ2n) is 5.14. The van der Waals surface area contributed by atoms with E-state index in [2.05, 4.69) is 5.32 Å². The molecule has 0 bridgehead atoms. The van der Waals surface area contributed by atoms with Gasteiger partial charge in [0.2, 0.25) is 0 Å². The molecule has 0 aromatic heterocycles. The fourth-order valence-corrected chi connectivity index (χ4v) is 2.24. The van der Waals surface area contributed by atoms with E-state index in [1.807, 2.05) is 24.3 Å². The van der Waals surface area contributed by atoms with Crippen LogP contribution in [0.1, 0.15) is 12.5 Å². The Bertz CT molecular complexity index is 705. The SMILES string of the molecule is COc1cccc(COC(C)C(=O)Nc2ccc(OC)cc2Cl)c1. The smallest absolute Gasteiger partial charge is 0.253 e. The van der Waals surface area contributed by atoms with E-state index < -0.39 is 6.10 Å². The molecule has 0 saturated carbocycles. The van der Waals surface area contributed by atoms with Crippen molar-refractivity contribution in [2.24, 2.45) is 0 Å². The van der Waals surface area contributed by atoms with E-state index in [4.69, 9.17) is 25.8 Å². The summed E-state index contributed by atoms with van der Waals surface area (Å²) >= 11 is 6.11. The second kappa shape index (κ2) is 8.57. The monoisotopic (exact) mass is 349 g/mol. The number of carbonyl (C=O) groups is 1. The van der Waals surface area contributed by atoms with Gasteiger partial charge in [0.15, 0.2) is 0 Å². The average Bonchev–Trinajstić information content (AvgIpc) is 2.61. The molecule has 5 nitrogen and oxygen atoms in total. The second-order valence-corrected chi connectivity index (χ2v) is 5.55. The third-order valence-electron chi connectivity index (χ3n) is 3.44. The van der Waals surface area contributed by atoms with Gasteiger partial charge in [-0.25, -0.2) is 0 Å². The van der Waals surface area contributed by atoms with Gasteiger partial charge in [0.25, 0.3) is 5.91 Å². The largest absolute Gasteiger partial charge is 0.497 e. The average molecular weight is 350 g/mol. The topological polar surface area (TPSA) is 56.8 Å². The minimum atomic E-state index is -0.630. The lowest BCUT2D eigenvalue weighted by Crippen LogP contribution is -2.27. The first kappa shape index (κ1) is 18.1. The van der Waals surface area contributed by atoms with Crippen LogP contribution in [-0.2, 0) is 16.1 Å². The number of methoxy groups -OCH3 is 2. The minimum absolute atomic E-state index is 0.273. The van der Waals surface area contributed by atoms with Gasteiger partial charge in [-0.2, -0.15) is 0 Å². The Morgan fingerprint density at radius 3 is 2.50 bits per heavy atom. The zero-order valence-corrected chi connectivity index (χ0v) is 14.6. The van der Waals surface area contributed by atoms with Crippen LogP contribution >= 0.6 is 11.6 Å². The Morgan fingerprint density at radius 1 is 1.12 bits per heavy atom. The van der Waals surface area contributed by atoms with Gasteiger partial charge in [-0.15, -0.1) is 0 Å². The molecule has 0 radical (unpaired) electrons. The number of carbonyl (C=O) groups excluding carboxylic acids is 1. The van der Waals surface area contributed by atoms with Crippen LogP contribution in [0.4, 0.5) is 5.69 Å². The molecule has 24 heavy (non-hydrogen) atoms. The normalized spacial score (nSPS) is 11.7. The molecule has 128 valence electrons. The van der Waals surface area contributed by atoms with E-state index in [1.165, 1.54) is 0 Å². The van der Waals surface area contributed by atoms with Crippen molar-refractivity contribution in [3.8, 4) is 11.5 Å². The Kier molecular flexibility index (Phi) is 6.46. The van der Waals surface area contributed by atoms with Crippen molar-refractivity contribution in [2.75, 3.05) is 19.5 Å². The van der Waals surface area contributed by atoms with Gasteiger partial charge in [-0.3, -0.25) is 4.79 Å². The van der Waals surface area contributed by atoms with Crippen molar-refractivity contribution < 1.29 is 19.0 Å². The maximum absolute atomic E-state index is 12.2. The first-order valence-electron chi connectivity index (χ1n) is 7.42. The zero-order valence-electron chi connectivity index (χ0n) is 13.8. The Balaban J connectivity index is 1.92. The third kappa shape index (κ3) is 4.88. The molecule has 1 N–H and O–H groups in total. The molecule has 2 rings (SSSR count). The lowest BCUT2D eigenvalue weighted by Gasteiger charge is -2.15. The molecule has 0 aliphatic rings. The number of benzene rings is 2. The van der Waals surface area contributed by atoms with Gasteiger partial charge in [-0.1, -0.05) is 23.7 Å². The predicted octanol–water partition coefficient (Wildman–Crippen LogP) is 3.90.